The van der Waals surface area contributed by atoms with Gasteiger partial charge in [-0.25, -0.2) is 13.1 Å². The number of nitrogens with one attached hydrogen (secondary N) is 1. The first-order valence-electron chi connectivity index (χ1n) is 6.45. The summed E-state index contributed by atoms with van der Waals surface area (Å²) in [4.78, 5) is 0.154. The summed E-state index contributed by atoms with van der Waals surface area (Å²) in [6.45, 7) is 0.880. The van der Waals surface area contributed by atoms with E-state index < -0.39 is 10.0 Å². The SMILES string of the molecule is O=S(=O)(NCCCn1cc(Cl)cn1)c1cccc2nsnc12. The van der Waals surface area contributed by atoms with Gasteiger partial charge in [-0.05, 0) is 18.6 Å². The lowest BCUT2D eigenvalue weighted by Crippen LogP contribution is -2.25. The van der Waals surface area contributed by atoms with Crippen molar-refractivity contribution >= 4 is 44.4 Å². The van der Waals surface area contributed by atoms with Crippen LogP contribution in [0.3, 0.4) is 0 Å². The molecule has 116 valence electrons. The van der Waals surface area contributed by atoms with E-state index in [0.717, 1.165) is 11.7 Å². The van der Waals surface area contributed by atoms with E-state index in [1.165, 1.54) is 6.07 Å². The van der Waals surface area contributed by atoms with E-state index in [2.05, 4.69) is 18.6 Å². The number of sulfonamides is 1. The number of nitrogens with zero attached hydrogens (tertiary/aromatic N) is 4. The predicted octanol–water partition coefficient (Wildman–Crippen LogP) is 1.91. The Labute approximate surface area is 136 Å². The highest BCUT2D eigenvalue weighted by atomic mass is 35.5. The van der Waals surface area contributed by atoms with E-state index >= 15 is 0 Å². The largest absolute Gasteiger partial charge is 0.271 e. The zero-order chi connectivity index (χ0) is 15.6. The molecule has 0 atom stereocenters. The maximum Gasteiger partial charge on any atom is 0.242 e. The first-order chi connectivity index (χ1) is 10.6. The average molecular weight is 358 g/mol. The number of benzene rings is 1. The van der Waals surface area contributed by atoms with Crippen LogP contribution in [-0.2, 0) is 16.6 Å². The number of fused-ring (bicyclic) bond motifs is 1. The minimum absolute atomic E-state index is 0.154. The van der Waals surface area contributed by atoms with Gasteiger partial charge in [0.1, 0.15) is 15.9 Å². The van der Waals surface area contributed by atoms with Crippen LogP contribution in [0.5, 0.6) is 0 Å². The molecule has 0 aliphatic heterocycles. The smallest absolute Gasteiger partial charge is 0.242 e. The number of aryl methyl sites for hydroxylation is 1. The maximum atomic E-state index is 12.3. The van der Waals surface area contributed by atoms with Crippen molar-refractivity contribution in [3.05, 3.63) is 35.6 Å². The number of rotatable bonds is 6. The van der Waals surface area contributed by atoms with Crippen molar-refractivity contribution in [1.82, 2.24) is 23.2 Å². The minimum atomic E-state index is -3.61. The fourth-order valence-electron chi connectivity index (χ4n) is 1.98. The lowest BCUT2D eigenvalue weighted by molar-refractivity contribution is 0.553. The predicted molar refractivity (Wildman–Crippen MR) is 84.5 cm³/mol. The molecule has 22 heavy (non-hydrogen) atoms. The molecular formula is C12H12ClN5O2S2. The van der Waals surface area contributed by atoms with Crippen LogP contribution in [0.25, 0.3) is 11.0 Å². The van der Waals surface area contributed by atoms with Crippen molar-refractivity contribution in [2.75, 3.05) is 6.54 Å². The molecule has 0 radical (unpaired) electrons. The minimum Gasteiger partial charge on any atom is -0.271 e. The van der Waals surface area contributed by atoms with Crippen LogP contribution in [0, 0.1) is 0 Å². The third-order valence-corrected chi connectivity index (χ3v) is 5.23. The van der Waals surface area contributed by atoms with Gasteiger partial charge in [-0.3, -0.25) is 4.68 Å². The van der Waals surface area contributed by atoms with Crippen molar-refractivity contribution in [1.29, 1.82) is 0 Å². The fraction of sp³-hybridized carbons (Fsp3) is 0.250. The Morgan fingerprint density at radius 2 is 2.18 bits per heavy atom. The first kappa shape index (κ1) is 15.3. The molecule has 0 amide bonds. The van der Waals surface area contributed by atoms with Gasteiger partial charge in [-0.1, -0.05) is 17.7 Å². The zero-order valence-corrected chi connectivity index (χ0v) is 13.7. The van der Waals surface area contributed by atoms with Crippen molar-refractivity contribution in [2.24, 2.45) is 0 Å². The quantitative estimate of drug-likeness (QED) is 0.680. The Kier molecular flexibility index (Phi) is 4.39. The van der Waals surface area contributed by atoms with Gasteiger partial charge in [0.2, 0.25) is 10.0 Å². The second kappa shape index (κ2) is 6.29. The Balaban J connectivity index is 1.65. The highest BCUT2D eigenvalue weighted by Crippen LogP contribution is 2.20. The highest BCUT2D eigenvalue weighted by molar-refractivity contribution is 7.89. The molecular weight excluding hydrogens is 346 g/mol. The normalized spacial score (nSPS) is 12.0. The van der Waals surface area contributed by atoms with Gasteiger partial charge in [0.25, 0.3) is 0 Å². The van der Waals surface area contributed by atoms with Crippen LogP contribution < -0.4 is 4.72 Å². The molecule has 7 nitrogen and oxygen atoms in total. The molecule has 10 heteroatoms. The van der Waals surface area contributed by atoms with E-state index in [-0.39, 0.29) is 4.90 Å². The molecule has 2 heterocycles. The zero-order valence-electron chi connectivity index (χ0n) is 11.3. The van der Waals surface area contributed by atoms with E-state index in [1.807, 2.05) is 0 Å². The Hall–Kier alpha value is -1.55. The second-order valence-electron chi connectivity index (χ2n) is 4.56. The summed E-state index contributed by atoms with van der Waals surface area (Å²) in [6.07, 6.45) is 3.84. The molecule has 0 saturated heterocycles. The summed E-state index contributed by atoms with van der Waals surface area (Å²) in [7, 11) is -3.61. The molecule has 1 N–H and O–H groups in total. The Morgan fingerprint density at radius 3 is 2.95 bits per heavy atom. The van der Waals surface area contributed by atoms with E-state index in [9.17, 15) is 8.42 Å². The molecule has 2 aromatic heterocycles. The van der Waals surface area contributed by atoms with Gasteiger partial charge in [-0.15, -0.1) is 0 Å². The monoisotopic (exact) mass is 357 g/mol. The summed E-state index contributed by atoms with van der Waals surface area (Å²) in [5.41, 5.74) is 0.984. The van der Waals surface area contributed by atoms with Crippen LogP contribution in [0.15, 0.2) is 35.5 Å². The molecule has 0 bridgehead atoms. The van der Waals surface area contributed by atoms with Crippen LogP contribution in [-0.4, -0.2) is 33.5 Å². The maximum absolute atomic E-state index is 12.3. The molecule has 0 spiro atoms. The average Bonchev–Trinajstić information content (AvgIpc) is 3.11. The van der Waals surface area contributed by atoms with Gasteiger partial charge in [0.15, 0.2) is 0 Å². The van der Waals surface area contributed by atoms with Gasteiger partial charge < -0.3 is 0 Å². The van der Waals surface area contributed by atoms with Crippen LogP contribution in [0.4, 0.5) is 0 Å². The van der Waals surface area contributed by atoms with Crippen molar-refractivity contribution in [3.63, 3.8) is 0 Å². The summed E-state index contributed by atoms with van der Waals surface area (Å²) >= 11 is 6.76. The molecule has 1 aromatic carbocycles. The standard InChI is InChI=1S/C12H12ClN5O2S2/c13-9-7-14-18(8-9)6-2-5-15-22(19,20)11-4-1-3-10-12(11)17-21-16-10/h1,3-4,7-8,15H,2,5-6H2. The Bertz CT molecular complexity index is 890. The molecule has 3 rings (SSSR count). The molecule has 0 aliphatic rings. The number of aromatic nitrogens is 4. The van der Waals surface area contributed by atoms with Gasteiger partial charge in [0.05, 0.1) is 22.9 Å². The number of halogens is 1. The lowest BCUT2D eigenvalue weighted by atomic mass is 10.3. The molecule has 0 unspecified atom stereocenters. The van der Waals surface area contributed by atoms with Crippen molar-refractivity contribution < 1.29 is 8.42 Å². The van der Waals surface area contributed by atoms with Gasteiger partial charge in [-0.2, -0.15) is 13.8 Å². The number of hydrogen-bond acceptors (Lipinski definition) is 6. The number of hydrogen-bond donors (Lipinski definition) is 1. The topological polar surface area (TPSA) is 89.8 Å². The summed E-state index contributed by atoms with van der Waals surface area (Å²) in [5, 5.41) is 4.59. The second-order valence-corrected chi connectivity index (χ2v) is 7.26. The van der Waals surface area contributed by atoms with Crippen LogP contribution >= 0.6 is 23.3 Å². The van der Waals surface area contributed by atoms with Gasteiger partial charge >= 0.3 is 0 Å². The summed E-state index contributed by atoms with van der Waals surface area (Å²) in [5.74, 6) is 0. The lowest BCUT2D eigenvalue weighted by Gasteiger charge is -2.07. The first-order valence-corrected chi connectivity index (χ1v) is 9.04. The summed E-state index contributed by atoms with van der Waals surface area (Å²) < 4.78 is 37.0. The van der Waals surface area contributed by atoms with E-state index in [4.69, 9.17) is 11.6 Å². The van der Waals surface area contributed by atoms with Crippen LogP contribution in [0.2, 0.25) is 5.02 Å². The molecule has 0 saturated carbocycles. The molecule has 3 aromatic rings. The fourth-order valence-corrected chi connectivity index (χ4v) is 3.98. The van der Waals surface area contributed by atoms with Crippen LogP contribution in [0.1, 0.15) is 6.42 Å². The third kappa shape index (κ3) is 3.27. The van der Waals surface area contributed by atoms with E-state index in [1.54, 1.807) is 29.2 Å². The summed E-state index contributed by atoms with van der Waals surface area (Å²) in [6, 6.07) is 4.92. The third-order valence-electron chi connectivity index (χ3n) is 3.00. The van der Waals surface area contributed by atoms with Gasteiger partial charge in [0, 0.05) is 19.3 Å². The van der Waals surface area contributed by atoms with Crippen molar-refractivity contribution in [2.45, 2.75) is 17.9 Å². The van der Waals surface area contributed by atoms with E-state index in [0.29, 0.717) is 35.6 Å². The highest BCUT2D eigenvalue weighted by Gasteiger charge is 2.18. The molecule has 0 aliphatic carbocycles. The molecule has 0 fully saturated rings. The van der Waals surface area contributed by atoms with Crippen molar-refractivity contribution in [3.8, 4) is 0 Å². The Morgan fingerprint density at radius 1 is 1.32 bits per heavy atom.